The Morgan fingerprint density at radius 1 is 1.25 bits per heavy atom. The number of hydrogen-bond donors (Lipinski definition) is 0. The second-order valence-corrected chi connectivity index (χ2v) is 7.18. The van der Waals surface area contributed by atoms with E-state index in [9.17, 15) is 10.1 Å². The van der Waals surface area contributed by atoms with E-state index in [1.54, 1.807) is 25.5 Å². The third kappa shape index (κ3) is 3.39. The molecule has 1 aromatic carbocycles. The minimum Gasteiger partial charge on any atom is -0.497 e. The molecule has 1 aromatic heterocycles. The van der Waals surface area contributed by atoms with Crippen LogP contribution in [0.15, 0.2) is 68.1 Å². The average Bonchev–Trinajstić information content (AvgIpc) is 3.18. The van der Waals surface area contributed by atoms with Gasteiger partial charge in [-0.2, -0.15) is 0 Å². The molecule has 2 aliphatic heterocycles. The molecule has 2 unspecified atom stereocenters. The number of halogens is 2. The number of ether oxygens (including phenoxy) is 1. The zero-order chi connectivity index (χ0) is 19.8. The summed E-state index contributed by atoms with van der Waals surface area (Å²) in [5.74, 6) is 1.40. The van der Waals surface area contributed by atoms with Gasteiger partial charge in [0.15, 0.2) is 0 Å². The minimum absolute atomic E-state index is 0.135. The largest absolute Gasteiger partial charge is 0.497 e. The van der Waals surface area contributed by atoms with Crippen LogP contribution in [0.3, 0.4) is 0 Å². The van der Waals surface area contributed by atoms with Crippen LogP contribution in [0.2, 0.25) is 0 Å². The fourth-order valence-electron chi connectivity index (χ4n) is 3.35. The van der Waals surface area contributed by atoms with Gasteiger partial charge in [0.2, 0.25) is 0 Å². The van der Waals surface area contributed by atoms with Crippen LogP contribution in [0.5, 0.6) is 5.75 Å². The molecule has 0 amide bonds. The van der Waals surface area contributed by atoms with Crippen molar-refractivity contribution in [3.8, 4) is 5.75 Å². The number of furan rings is 1. The molecule has 0 N–H and O–H groups in total. The van der Waals surface area contributed by atoms with E-state index in [1.807, 2.05) is 29.2 Å². The van der Waals surface area contributed by atoms with Gasteiger partial charge in [-0.05, 0) is 29.8 Å². The first-order chi connectivity index (χ1) is 13.5. The van der Waals surface area contributed by atoms with E-state index in [2.05, 4.69) is 4.99 Å². The van der Waals surface area contributed by atoms with Crippen LogP contribution >= 0.6 is 23.2 Å². The first kappa shape index (κ1) is 18.6. The number of aliphatic imine (C=N–C) groups is 1. The predicted molar refractivity (Wildman–Crippen MR) is 106 cm³/mol. The van der Waals surface area contributed by atoms with Crippen LogP contribution in [-0.2, 0) is 0 Å². The van der Waals surface area contributed by atoms with Crippen molar-refractivity contribution in [2.45, 2.75) is 18.5 Å². The number of rotatable bonds is 4. The van der Waals surface area contributed by atoms with E-state index in [0.29, 0.717) is 28.1 Å². The predicted octanol–water partition coefficient (Wildman–Crippen LogP) is 5.30. The third-order valence-corrected chi connectivity index (χ3v) is 5.15. The van der Waals surface area contributed by atoms with E-state index in [-0.39, 0.29) is 11.9 Å². The topological polar surface area (TPSA) is 81.1 Å². The van der Waals surface area contributed by atoms with E-state index in [4.69, 9.17) is 32.4 Å². The lowest BCUT2D eigenvalue weighted by atomic mass is 9.94. The smallest absolute Gasteiger partial charge is 0.433 e. The quantitative estimate of drug-likeness (QED) is 0.495. The van der Waals surface area contributed by atoms with E-state index in [1.165, 1.54) is 6.07 Å². The molecule has 7 nitrogen and oxygen atoms in total. The lowest BCUT2D eigenvalue weighted by Gasteiger charge is -2.39. The average molecular weight is 420 g/mol. The Labute approximate surface area is 170 Å². The summed E-state index contributed by atoms with van der Waals surface area (Å²) >= 11 is 12.6. The van der Waals surface area contributed by atoms with Gasteiger partial charge in [-0.15, -0.1) is 0 Å². The van der Waals surface area contributed by atoms with Crippen molar-refractivity contribution < 1.29 is 14.1 Å². The highest BCUT2D eigenvalue weighted by Crippen LogP contribution is 2.43. The lowest BCUT2D eigenvalue weighted by molar-refractivity contribution is -0.402. The lowest BCUT2D eigenvalue weighted by Crippen LogP contribution is -2.37. The van der Waals surface area contributed by atoms with Crippen molar-refractivity contribution in [2.75, 3.05) is 7.11 Å². The Balaban J connectivity index is 1.76. The molecule has 144 valence electrons. The number of nitrogens with zero attached hydrogens (tertiary/aromatic N) is 3. The molecule has 2 aliphatic rings. The standard InChI is InChI=1S/C19H15Cl2N3O4/c1-27-13-4-2-11(3-5-13)16-9-15(17-6-7-18(28-17)24(25)26)22-19-14(21)8-12(20)10-23(16)19/h2-8,10,15-16H,9H2,1H3. The minimum atomic E-state index is -0.567. The number of hydrogen-bond acceptors (Lipinski definition) is 6. The summed E-state index contributed by atoms with van der Waals surface area (Å²) in [6.07, 6.45) is 3.93. The van der Waals surface area contributed by atoms with E-state index >= 15 is 0 Å². The fraction of sp³-hybridized carbons (Fsp3) is 0.211. The molecule has 4 rings (SSSR count). The van der Waals surface area contributed by atoms with E-state index < -0.39 is 11.0 Å². The van der Waals surface area contributed by atoms with Gasteiger partial charge in [0.05, 0.1) is 29.3 Å². The Morgan fingerprint density at radius 2 is 2.00 bits per heavy atom. The van der Waals surface area contributed by atoms with Crippen LogP contribution in [0, 0.1) is 10.1 Å². The highest BCUT2D eigenvalue weighted by atomic mass is 35.5. The maximum absolute atomic E-state index is 11.0. The molecule has 3 heterocycles. The van der Waals surface area contributed by atoms with Crippen LogP contribution in [0.4, 0.5) is 5.88 Å². The summed E-state index contributed by atoms with van der Waals surface area (Å²) in [4.78, 5) is 17.0. The van der Waals surface area contributed by atoms with Gasteiger partial charge >= 0.3 is 5.88 Å². The molecule has 0 spiro atoms. The van der Waals surface area contributed by atoms with Crippen molar-refractivity contribution in [1.29, 1.82) is 0 Å². The SMILES string of the molecule is COc1ccc(C2CC(c3ccc([N+](=O)[O-])o3)N=C3C(Cl)=CC(Cl)=CN32)cc1. The summed E-state index contributed by atoms with van der Waals surface area (Å²) in [5.41, 5.74) is 1.01. The fourth-order valence-corrected chi connectivity index (χ4v) is 3.89. The Hall–Kier alpha value is -2.77. The van der Waals surface area contributed by atoms with Gasteiger partial charge in [-0.1, -0.05) is 35.3 Å². The molecule has 2 atom stereocenters. The van der Waals surface area contributed by atoms with Crippen molar-refractivity contribution in [3.63, 3.8) is 0 Å². The van der Waals surface area contributed by atoms with Crippen molar-refractivity contribution in [3.05, 3.63) is 80.2 Å². The number of allylic oxidation sites excluding steroid dienone is 2. The first-order valence-electron chi connectivity index (χ1n) is 8.45. The summed E-state index contributed by atoms with van der Waals surface area (Å²) in [7, 11) is 1.61. The van der Waals surface area contributed by atoms with Crippen molar-refractivity contribution in [2.24, 2.45) is 4.99 Å². The second kappa shape index (κ2) is 7.33. The van der Waals surface area contributed by atoms with Gasteiger partial charge < -0.3 is 14.1 Å². The van der Waals surface area contributed by atoms with E-state index in [0.717, 1.165) is 11.3 Å². The second-order valence-electron chi connectivity index (χ2n) is 6.34. The van der Waals surface area contributed by atoms with Gasteiger partial charge in [0, 0.05) is 12.6 Å². The normalized spacial score (nSPS) is 21.4. The Morgan fingerprint density at radius 3 is 2.64 bits per heavy atom. The Bertz CT molecular complexity index is 1010. The van der Waals surface area contributed by atoms with Crippen LogP contribution in [0.25, 0.3) is 0 Å². The molecule has 0 radical (unpaired) electrons. The molecule has 0 saturated heterocycles. The van der Waals surface area contributed by atoms with Gasteiger partial charge in [0.25, 0.3) is 0 Å². The monoisotopic (exact) mass is 419 g/mol. The highest BCUT2D eigenvalue weighted by Gasteiger charge is 2.36. The Kier molecular flexibility index (Phi) is 4.87. The zero-order valence-electron chi connectivity index (χ0n) is 14.7. The number of amidine groups is 1. The van der Waals surface area contributed by atoms with Crippen LogP contribution in [0.1, 0.15) is 29.8 Å². The third-order valence-electron chi connectivity index (χ3n) is 4.67. The van der Waals surface area contributed by atoms with Gasteiger partial charge in [-0.25, -0.2) is 0 Å². The molecule has 2 aromatic rings. The molecular weight excluding hydrogens is 405 g/mol. The molecule has 28 heavy (non-hydrogen) atoms. The summed E-state index contributed by atoms with van der Waals surface area (Å²) in [6.45, 7) is 0. The molecule has 0 fully saturated rings. The van der Waals surface area contributed by atoms with Crippen LogP contribution in [-0.4, -0.2) is 22.8 Å². The number of methoxy groups -OCH3 is 1. The maximum Gasteiger partial charge on any atom is 0.433 e. The molecule has 0 saturated carbocycles. The number of fused-ring (bicyclic) bond motifs is 1. The van der Waals surface area contributed by atoms with Crippen LogP contribution < -0.4 is 4.74 Å². The molecule has 0 aliphatic carbocycles. The van der Waals surface area contributed by atoms with Gasteiger partial charge in [-0.3, -0.25) is 15.1 Å². The summed E-state index contributed by atoms with van der Waals surface area (Å²) in [6, 6.07) is 10.0. The van der Waals surface area contributed by atoms with Gasteiger partial charge in [0.1, 0.15) is 28.3 Å². The summed E-state index contributed by atoms with van der Waals surface area (Å²) < 4.78 is 10.6. The highest BCUT2D eigenvalue weighted by molar-refractivity contribution is 6.45. The number of nitro groups is 1. The van der Waals surface area contributed by atoms with Crippen molar-refractivity contribution >= 4 is 34.9 Å². The maximum atomic E-state index is 11.0. The zero-order valence-corrected chi connectivity index (χ0v) is 16.2. The first-order valence-corrected chi connectivity index (χ1v) is 9.21. The molecular formula is C19H15Cl2N3O4. The number of benzene rings is 1. The molecule has 0 bridgehead atoms. The van der Waals surface area contributed by atoms with Crippen molar-refractivity contribution in [1.82, 2.24) is 4.90 Å². The molecule has 9 heteroatoms. The summed E-state index contributed by atoms with van der Waals surface area (Å²) in [5, 5.41) is 11.9.